The SMILES string of the molecule is SC1(S)C=CCO1. The Kier molecular flexibility index (Phi) is 1.36. The fourth-order valence-electron chi connectivity index (χ4n) is 0.421. The fourth-order valence-corrected chi connectivity index (χ4v) is 0.780. The van der Waals surface area contributed by atoms with Gasteiger partial charge in [-0.3, -0.25) is 0 Å². The molecule has 0 saturated carbocycles. The molecule has 7 heavy (non-hydrogen) atoms. The predicted molar refractivity (Wildman–Crippen MR) is 35.8 cm³/mol. The lowest BCUT2D eigenvalue weighted by atomic mass is 10.6. The summed E-state index contributed by atoms with van der Waals surface area (Å²) in [6, 6.07) is 0. The number of hydrogen-bond donors (Lipinski definition) is 2. The van der Waals surface area contributed by atoms with Crippen LogP contribution in [0.3, 0.4) is 0 Å². The summed E-state index contributed by atoms with van der Waals surface area (Å²) >= 11 is 8.01. The Labute approximate surface area is 53.6 Å². The van der Waals surface area contributed by atoms with E-state index in [1.54, 1.807) is 6.08 Å². The second kappa shape index (κ2) is 1.73. The maximum Gasteiger partial charge on any atom is 0.174 e. The van der Waals surface area contributed by atoms with Crippen molar-refractivity contribution in [1.29, 1.82) is 0 Å². The molecule has 1 nitrogen and oxygen atoms in total. The van der Waals surface area contributed by atoms with E-state index in [1.165, 1.54) is 0 Å². The summed E-state index contributed by atoms with van der Waals surface area (Å²) in [5.74, 6) is 0. The van der Waals surface area contributed by atoms with E-state index >= 15 is 0 Å². The summed E-state index contributed by atoms with van der Waals surface area (Å²) in [6.45, 7) is 0.632. The third-order valence-electron chi connectivity index (χ3n) is 0.727. The lowest BCUT2D eigenvalue weighted by molar-refractivity contribution is 0.169. The molecule has 1 aliphatic heterocycles. The van der Waals surface area contributed by atoms with E-state index < -0.39 is 4.27 Å². The molecule has 0 aromatic rings. The van der Waals surface area contributed by atoms with Crippen LogP contribution in [0.2, 0.25) is 0 Å². The Balaban J connectivity index is 2.57. The fraction of sp³-hybridized carbons (Fsp3) is 0.500. The van der Waals surface area contributed by atoms with Gasteiger partial charge in [-0.15, -0.1) is 25.3 Å². The van der Waals surface area contributed by atoms with Gasteiger partial charge in [-0.25, -0.2) is 0 Å². The highest BCUT2D eigenvalue weighted by Gasteiger charge is 2.19. The van der Waals surface area contributed by atoms with E-state index in [2.05, 4.69) is 25.3 Å². The second-order valence-corrected chi connectivity index (χ2v) is 3.05. The van der Waals surface area contributed by atoms with Crippen molar-refractivity contribution in [3.63, 3.8) is 0 Å². The number of thiol groups is 2. The molecule has 1 heterocycles. The van der Waals surface area contributed by atoms with Gasteiger partial charge >= 0.3 is 0 Å². The first-order chi connectivity index (χ1) is 3.21. The van der Waals surface area contributed by atoms with Gasteiger partial charge in [0.25, 0.3) is 0 Å². The Morgan fingerprint density at radius 1 is 1.57 bits per heavy atom. The van der Waals surface area contributed by atoms with Crippen LogP contribution in [0.25, 0.3) is 0 Å². The Bertz CT molecular complexity index is 97.9. The van der Waals surface area contributed by atoms with Gasteiger partial charge in [0.15, 0.2) is 4.27 Å². The molecule has 0 atom stereocenters. The van der Waals surface area contributed by atoms with Crippen molar-refractivity contribution < 1.29 is 4.74 Å². The molecule has 0 aliphatic carbocycles. The molecule has 0 amide bonds. The molecule has 0 unspecified atom stereocenters. The summed E-state index contributed by atoms with van der Waals surface area (Å²) in [4.78, 5) is 0. The highest BCUT2D eigenvalue weighted by atomic mass is 32.2. The van der Waals surface area contributed by atoms with Gasteiger partial charge in [0.05, 0.1) is 6.61 Å². The minimum Gasteiger partial charge on any atom is -0.348 e. The second-order valence-electron chi connectivity index (χ2n) is 1.37. The van der Waals surface area contributed by atoms with Crippen LogP contribution < -0.4 is 0 Å². The van der Waals surface area contributed by atoms with Crippen LogP contribution in [0.4, 0.5) is 0 Å². The number of hydrogen-bond acceptors (Lipinski definition) is 3. The van der Waals surface area contributed by atoms with Gasteiger partial charge in [0, 0.05) is 0 Å². The Morgan fingerprint density at radius 3 is 2.43 bits per heavy atom. The third kappa shape index (κ3) is 1.40. The summed E-state index contributed by atoms with van der Waals surface area (Å²) in [5, 5.41) is 0. The Morgan fingerprint density at radius 2 is 2.29 bits per heavy atom. The van der Waals surface area contributed by atoms with E-state index in [0.717, 1.165) is 0 Å². The molecule has 1 aliphatic rings. The zero-order valence-corrected chi connectivity index (χ0v) is 5.45. The van der Waals surface area contributed by atoms with Crippen LogP contribution in [0.15, 0.2) is 12.2 Å². The first kappa shape index (κ1) is 5.54. The molecule has 0 spiro atoms. The van der Waals surface area contributed by atoms with Crippen molar-refractivity contribution in [2.24, 2.45) is 0 Å². The van der Waals surface area contributed by atoms with Crippen molar-refractivity contribution in [3.8, 4) is 0 Å². The highest BCUT2D eigenvalue weighted by Crippen LogP contribution is 2.26. The normalized spacial score (nSPS) is 26.0. The van der Waals surface area contributed by atoms with Crippen molar-refractivity contribution >= 4 is 25.3 Å². The first-order valence-corrected chi connectivity index (χ1v) is 2.86. The van der Waals surface area contributed by atoms with E-state index in [0.29, 0.717) is 6.61 Å². The standard InChI is InChI=1S/C4H6OS2/c6-4(7)2-1-3-5-4/h1-2,6-7H,3H2. The average molecular weight is 134 g/mol. The molecule has 0 aromatic heterocycles. The van der Waals surface area contributed by atoms with E-state index in [1.807, 2.05) is 6.08 Å². The van der Waals surface area contributed by atoms with Gasteiger partial charge in [0.2, 0.25) is 0 Å². The molecule has 0 saturated heterocycles. The van der Waals surface area contributed by atoms with Crippen molar-refractivity contribution in [2.75, 3.05) is 6.61 Å². The number of ether oxygens (including phenoxy) is 1. The zero-order valence-electron chi connectivity index (χ0n) is 3.66. The maximum absolute atomic E-state index is 4.96. The monoisotopic (exact) mass is 134 g/mol. The van der Waals surface area contributed by atoms with Gasteiger partial charge < -0.3 is 4.74 Å². The molecular formula is C4H6OS2. The molecule has 1 rings (SSSR count). The van der Waals surface area contributed by atoms with Crippen molar-refractivity contribution in [2.45, 2.75) is 4.27 Å². The molecule has 0 bridgehead atoms. The molecule has 0 N–H and O–H groups in total. The number of rotatable bonds is 0. The Hall–Kier alpha value is 0.400. The van der Waals surface area contributed by atoms with Crippen LogP contribution in [0, 0.1) is 0 Å². The molecule has 0 fully saturated rings. The molecule has 40 valence electrons. The maximum atomic E-state index is 4.96. The predicted octanol–water partition coefficient (Wildman–Crippen LogP) is 1.09. The molecule has 0 aromatic carbocycles. The van der Waals surface area contributed by atoms with Crippen molar-refractivity contribution in [3.05, 3.63) is 12.2 Å². The van der Waals surface area contributed by atoms with Crippen LogP contribution in [-0.2, 0) is 4.74 Å². The highest BCUT2D eigenvalue weighted by molar-refractivity contribution is 8.00. The van der Waals surface area contributed by atoms with Crippen LogP contribution >= 0.6 is 25.3 Å². The average Bonchev–Trinajstić information content (AvgIpc) is 1.84. The summed E-state index contributed by atoms with van der Waals surface area (Å²) in [7, 11) is 0. The summed E-state index contributed by atoms with van der Waals surface area (Å²) in [5.41, 5.74) is 0. The lowest BCUT2D eigenvalue weighted by Gasteiger charge is -2.10. The summed E-state index contributed by atoms with van der Waals surface area (Å²) in [6.07, 6.45) is 3.69. The minimum absolute atomic E-state index is 0.597. The minimum atomic E-state index is -0.597. The van der Waals surface area contributed by atoms with E-state index in [9.17, 15) is 0 Å². The van der Waals surface area contributed by atoms with Gasteiger partial charge in [-0.2, -0.15) is 0 Å². The lowest BCUT2D eigenvalue weighted by Crippen LogP contribution is -2.07. The van der Waals surface area contributed by atoms with Crippen LogP contribution in [0.5, 0.6) is 0 Å². The smallest absolute Gasteiger partial charge is 0.174 e. The van der Waals surface area contributed by atoms with Crippen LogP contribution in [-0.4, -0.2) is 10.9 Å². The van der Waals surface area contributed by atoms with Gasteiger partial charge in [-0.1, -0.05) is 6.08 Å². The van der Waals surface area contributed by atoms with Crippen molar-refractivity contribution in [1.82, 2.24) is 0 Å². The summed E-state index contributed by atoms with van der Waals surface area (Å²) < 4.78 is 4.36. The van der Waals surface area contributed by atoms with Gasteiger partial charge in [0.1, 0.15) is 0 Å². The van der Waals surface area contributed by atoms with E-state index in [-0.39, 0.29) is 0 Å². The third-order valence-corrected chi connectivity index (χ3v) is 1.28. The largest absolute Gasteiger partial charge is 0.348 e. The zero-order chi connectivity index (χ0) is 5.33. The molecule has 0 radical (unpaired) electrons. The molecular weight excluding hydrogens is 128 g/mol. The molecule has 3 heteroatoms. The van der Waals surface area contributed by atoms with Gasteiger partial charge in [-0.05, 0) is 6.08 Å². The first-order valence-electron chi connectivity index (χ1n) is 1.97. The quantitative estimate of drug-likeness (QED) is 0.286. The van der Waals surface area contributed by atoms with E-state index in [4.69, 9.17) is 4.74 Å². The van der Waals surface area contributed by atoms with Crippen LogP contribution in [0.1, 0.15) is 0 Å². The topological polar surface area (TPSA) is 9.23 Å².